The molecule has 0 saturated carbocycles. The molecule has 0 amide bonds. The Balaban J connectivity index is 0.000000338. The average molecular weight is 775 g/mol. The molecule has 4 aromatic heterocycles. The van der Waals surface area contributed by atoms with E-state index in [2.05, 4.69) is 29.9 Å². The van der Waals surface area contributed by atoms with Crippen molar-refractivity contribution in [3.05, 3.63) is 25.3 Å². The number of aromatic nitrogens is 8. The third-order valence-electron chi connectivity index (χ3n) is 6.42. The van der Waals surface area contributed by atoms with E-state index in [4.69, 9.17) is 49.2 Å². The molecular formula is C28H44N10O12P2. The number of rotatable bonds is 16. The SMILES string of the molecule is CC(C)(C)C(=O)OCOP(=O)(COCCn1cnc2c(N)ncnc21)OCOC(=O)C(C)(C)C.Nc1ncnc2c1ncn2CCOCP(=O)(O)O. The predicted molar refractivity (Wildman–Crippen MR) is 184 cm³/mol. The molecule has 0 aliphatic carbocycles. The fourth-order valence-electron chi connectivity index (χ4n) is 3.68. The highest BCUT2D eigenvalue weighted by atomic mass is 31.2. The quantitative estimate of drug-likeness (QED) is 0.0549. The van der Waals surface area contributed by atoms with E-state index < -0.39 is 64.2 Å². The lowest BCUT2D eigenvalue weighted by Crippen LogP contribution is -2.25. The Hall–Kier alpha value is -4.14. The molecule has 4 heterocycles. The minimum absolute atomic E-state index is 0.0929. The molecule has 0 bridgehead atoms. The Morgan fingerprint density at radius 3 is 1.48 bits per heavy atom. The van der Waals surface area contributed by atoms with Crippen LogP contribution in [0, 0.1) is 10.8 Å². The molecule has 6 N–H and O–H groups in total. The summed E-state index contributed by atoms with van der Waals surface area (Å²) in [5.74, 6) is -0.555. The van der Waals surface area contributed by atoms with Gasteiger partial charge in [0.05, 0.1) is 36.7 Å². The van der Waals surface area contributed by atoms with Crippen LogP contribution in [0.4, 0.5) is 11.6 Å². The number of ether oxygens (including phenoxy) is 4. The zero-order valence-electron chi connectivity index (χ0n) is 29.6. The van der Waals surface area contributed by atoms with Gasteiger partial charge >= 0.3 is 27.1 Å². The van der Waals surface area contributed by atoms with Crippen molar-refractivity contribution in [1.29, 1.82) is 0 Å². The first-order valence-electron chi connectivity index (χ1n) is 15.5. The third-order valence-corrected chi connectivity index (χ3v) is 8.44. The number of carbonyl (C=O) groups is 2. The molecular weight excluding hydrogens is 730 g/mol. The molecule has 52 heavy (non-hydrogen) atoms. The molecule has 22 nitrogen and oxygen atoms in total. The zero-order valence-corrected chi connectivity index (χ0v) is 31.4. The van der Waals surface area contributed by atoms with Crippen molar-refractivity contribution in [3.8, 4) is 0 Å². The van der Waals surface area contributed by atoms with Gasteiger partial charge in [0.1, 0.15) is 36.4 Å². The second kappa shape index (κ2) is 18.1. The number of anilines is 2. The van der Waals surface area contributed by atoms with Gasteiger partial charge in [0.15, 0.2) is 22.9 Å². The minimum atomic E-state index is -4.12. The van der Waals surface area contributed by atoms with Gasteiger partial charge in [-0.2, -0.15) is 0 Å². The van der Waals surface area contributed by atoms with Gasteiger partial charge in [-0.05, 0) is 41.5 Å². The number of esters is 2. The van der Waals surface area contributed by atoms with Gasteiger partial charge < -0.3 is 49.3 Å². The summed E-state index contributed by atoms with van der Waals surface area (Å²) in [4.78, 5) is 65.1. The van der Waals surface area contributed by atoms with Crippen LogP contribution >= 0.6 is 15.2 Å². The van der Waals surface area contributed by atoms with Crippen molar-refractivity contribution in [1.82, 2.24) is 39.0 Å². The maximum atomic E-state index is 13.1. The minimum Gasteiger partial charge on any atom is -0.438 e. The van der Waals surface area contributed by atoms with Crippen molar-refractivity contribution in [3.63, 3.8) is 0 Å². The lowest BCUT2D eigenvalue weighted by molar-refractivity contribution is -0.162. The topological polar surface area (TPSA) is 303 Å². The highest BCUT2D eigenvalue weighted by Crippen LogP contribution is 2.48. The molecule has 0 aliphatic rings. The number of nitrogen functional groups attached to an aromatic ring is 2. The summed E-state index contributed by atoms with van der Waals surface area (Å²) in [6.07, 6.45) is 4.63. The number of nitrogens with two attached hydrogens (primary N) is 2. The van der Waals surface area contributed by atoms with E-state index >= 15 is 0 Å². The molecule has 4 aromatic rings. The van der Waals surface area contributed by atoms with Gasteiger partial charge in [0, 0.05) is 13.1 Å². The number of hydrogen-bond donors (Lipinski definition) is 4. The van der Waals surface area contributed by atoms with Gasteiger partial charge in [-0.1, -0.05) is 0 Å². The molecule has 24 heteroatoms. The number of carbonyl (C=O) groups excluding carboxylic acids is 2. The molecule has 0 aliphatic heterocycles. The largest absolute Gasteiger partial charge is 0.438 e. The highest BCUT2D eigenvalue weighted by Gasteiger charge is 2.30. The Bertz CT molecular complexity index is 1870. The second-order valence-corrected chi connectivity index (χ2v) is 16.5. The van der Waals surface area contributed by atoms with Crippen LogP contribution in [0.1, 0.15) is 41.5 Å². The normalized spacial score (nSPS) is 12.5. The highest BCUT2D eigenvalue weighted by molar-refractivity contribution is 7.53. The third kappa shape index (κ3) is 13.1. The second-order valence-electron chi connectivity index (χ2n) is 12.9. The average Bonchev–Trinajstić information content (AvgIpc) is 3.66. The Labute approximate surface area is 298 Å². The van der Waals surface area contributed by atoms with E-state index in [1.165, 1.54) is 25.3 Å². The van der Waals surface area contributed by atoms with E-state index in [1.807, 2.05) is 0 Å². The first-order chi connectivity index (χ1) is 24.2. The fourth-order valence-corrected chi connectivity index (χ4v) is 5.05. The van der Waals surface area contributed by atoms with Crippen LogP contribution in [0.2, 0.25) is 0 Å². The lowest BCUT2D eigenvalue weighted by atomic mass is 9.98. The van der Waals surface area contributed by atoms with Crippen molar-refractivity contribution in [2.24, 2.45) is 10.8 Å². The molecule has 0 atom stereocenters. The summed E-state index contributed by atoms with van der Waals surface area (Å²) in [6, 6.07) is 0. The van der Waals surface area contributed by atoms with Crippen LogP contribution in [-0.4, -0.2) is 100 Å². The van der Waals surface area contributed by atoms with Crippen molar-refractivity contribution >= 4 is 61.1 Å². The molecule has 0 unspecified atom stereocenters. The summed E-state index contributed by atoms with van der Waals surface area (Å²) in [7, 11) is -8.07. The number of hydrogen-bond acceptors (Lipinski definition) is 18. The van der Waals surface area contributed by atoms with Crippen LogP contribution in [-0.2, 0) is 59.8 Å². The van der Waals surface area contributed by atoms with Crippen LogP contribution in [0.25, 0.3) is 22.3 Å². The van der Waals surface area contributed by atoms with Gasteiger partial charge in [-0.15, -0.1) is 0 Å². The van der Waals surface area contributed by atoms with Gasteiger partial charge in [0.25, 0.3) is 0 Å². The molecule has 0 spiro atoms. The maximum absolute atomic E-state index is 13.1. The standard InChI is InChI=1S/C20H32N5O8P.C8H12N5O4P/c1-19(2,3)17(26)30-11-32-34(28,33-12-31-18(27)20(4,5)6)13-29-8-7-25-10-24-14-15(21)22-9-23-16(14)25;9-7-6-8(11-3-10-7)13(4-12-6)1-2-17-5-18(14,15)16/h9-10H,7-8,11-13H2,1-6H3,(H2,21,22,23);3-4H,1-2,5H2,(H2,9,10,11)(H2,14,15,16). The summed E-state index contributed by atoms with van der Waals surface area (Å²) in [5.41, 5.74) is 11.9. The summed E-state index contributed by atoms with van der Waals surface area (Å²) >= 11 is 0. The Kier molecular flexibility index (Phi) is 14.7. The fraction of sp³-hybridized carbons (Fsp3) is 0.571. The Morgan fingerprint density at radius 1 is 0.692 bits per heavy atom. The molecule has 4 rings (SSSR count). The van der Waals surface area contributed by atoms with Crippen molar-refractivity contribution < 1.29 is 56.5 Å². The first-order valence-corrected chi connectivity index (χ1v) is 19.0. The van der Waals surface area contributed by atoms with Crippen molar-refractivity contribution in [2.75, 3.05) is 51.0 Å². The summed E-state index contributed by atoms with van der Waals surface area (Å²) in [5, 5.41) is 0. The molecule has 0 saturated heterocycles. The van der Waals surface area contributed by atoms with Crippen molar-refractivity contribution in [2.45, 2.75) is 54.6 Å². The van der Waals surface area contributed by atoms with Crippen LogP contribution in [0.15, 0.2) is 25.3 Å². The number of imidazole rings is 2. The molecule has 0 radical (unpaired) electrons. The van der Waals surface area contributed by atoms with E-state index in [0.717, 1.165) is 0 Å². The smallest absolute Gasteiger partial charge is 0.361 e. The maximum Gasteiger partial charge on any atom is 0.361 e. The van der Waals surface area contributed by atoms with Crippen LogP contribution in [0.5, 0.6) is 0 Å². The molecule has 0 fully saturated rings. The number of fused-ring (bicyclic) bond motifs is 2. The summed E-state index contributed by atoms with van der Waals surface area (Å²) < 4.78 is 57.8. The first kappa shape index (κ1) is 42.3. The van der Waals surface area contributed by atoms with Crippen LogP contribution in [0.3, 0.4) is 0 Å². The van der Waals surface area contributed by atoms with Gasteiger partial charge in [0.2, 0.25) is 13.6 Å². The van der Waals surface area contributed by atoms with E-state index in [-0.39, 0.29) is 24.8 Å². The van der Waals surface area contributed by atoms with E-state index in [0.29, 0.717) is 35.4 Å². The van der Waals surface area contributed by atoms with E-state index in [1.54, 1.807) is 50.7 Å². The number of nitrogens with zero attached hydrogens (tertiary/aromatic N) is 8. The van der Waals surface area contributed by atoms with Gasteiger partial charge in [-0.3, -0.25) is 27.8 Å². The zero-order chi connectivity index (χ0) is 38.7. The van der Waals surface area contributed by atoms with Gasteiger partial charge in [-0.25, -0.2) is 29.9 Å². The van der Waals surface area contributed by atoms with E-state index in [9.17, 15) is 18.7 Å². The molecule has 0 aromatic carbocycles. The predicted octanol–water partition coefficient (Wildman–Crippen LogP) is 2.26. The van der Waals surface area contributed by atoms with Crippen LogP contribution < -0.4 is 11.5 Å². The lowest BCUT2D eigenvalue weighted by Gasteiger charge is -2.22. The summed E-state index contributed by atoms with van der Waals surface area (Å²) in [6.45, 7) is 9.67. The molecule has 288 valence electrons. The Morgan fingerprint density at radius 2 is 1.10 bits per heavy atom. The monoisotopic (exact) mass is 774 g/mol.